The highest BCUT2D eigenvalue weighted by atomic mass is 16.6. The number of carbonyl (C=O) groups is 2. The number of benzene rings is 1. The van der Waals surface area contributed by atoms with Crippen LogP contribution >= 0.6 is 0 Å². The minimum atomic E-state index is -0.522. The van der Waals surface area contributed by atoms with Crippen LogP contribution in [0.1, 0.15) is 38.8 Å². The Morgan fingerprint density at radius 2 is 1.83 bits per heavy atom. The third kappa shape index (κ3) is 8.52. The van der Waals surface area contributed by atoms with Crippen LogP contribution in [0.5, 0.6) is 0 Å². The van der Waals surface area contributed by atoms with Crippen molar-refractivity contribution >= 4 is 12.1 Å². The Kier molecular flexibility index (Phi) is 7.14. The van der Waals surface area contributed by atoms with Gasteiger partial charge >= 0.3 is 12.1 Å². The summed E-state index contributed by atoms with van der Waals surface area (Å²) in [6, 6.07) is 7.33. The molecule has 1 rings (SSSR count). The predicted octanol–water partition coefficient (Wildman–Crippen LogP) is 2.67. The molecule has 0 aliphatic rings. The molecule has 124 valence electrons. The molecule has 0 saturated carbocycles. The second-order valence-corrected chi connectivity index (χ2v) is 5.84. The normalized spacial score (nSPS) is 10.3. The predicted molar refractivity (Wildman–Crippen MR) is 87.9 cm³/mol. The van der Waals surface area contributed by atoms with Crippen molar-refractivity contribution in [1.29, 1.82) is 0 Å². The van der Waals surface area contributed by atoms with E-state index in [-0.39, 0.29) is 18.9 Å². The SMILES string of the molecule is CCOC(=O)Cc1ccc(C#CCNC(=O)OC(C)(C)C)cc1. The Morgan fingerprint density at radius 3 is 2.39 bits per heavy atom. The number of hydrogen-bond acceptors (Lipinski definition) is 4. The van der Waals surface area contributed by atoms with E-state index in [1.807, 2.05) is 24.3 Å². The maximum atomic E-state index is 11.4. The van der Waals surface area contributed by atoms with Crippen LogP contribution in [0.15, 0.2) is 24.3 Å². The van der Waals surface area contributed by atoms with Crippen molar-refractivity contribution in [3.63, 3.8) is 0 Å². The van der Waals surface area contributed by atoms with Crippen molar-refractivity contribution < 1.29 is 19.1 Å². The van der Waals surface area contributed by atoms with Crippen LogP contribution in [0.3, 0.4) is 0 Å². The summed E-state index contributed by atoms with van der Waals surface area (Å²) in [7, 11) is 0. The Hall–Kier alpha value is -2.48. The first-order chi connectivity index (χ1) is 10.8. The lowest BCUT2D eigenvalue weighted by Gasteiger charge is -2.18. The smallest absolute Gasteiger partial charge is 0.408 e. The number of nitrogens with one attached hydrogen (secondary N) is 1. The maximum absolute atomic E-state index is 11.4. The molecule has 0 spiro atoms. The highest BCUT2D eigenvalue weighted by Crippen LogP contribution is 2.06. The molecule has 0 bridgehead atoms. The van der Waals surface area contributed by atoms with Crippen LogP contribution in [0.2, 0.25) is 0 Å². The first-order valence-corrected chi connectivity index (χ1v) is 7.50. The quantitative estimate of drug-likeness (QED) is 0.685. The zero-order valence-electron chi connectivity index (χ0n) is 14.1. The number of amides is 1. The third-order valence-corrected chi connectivity index (χ3v) is 2.56. The Bertz CT molecular complexity index is 588. The van der Waals surface area contributed by atoms with Crippen LogP contribution < -0.4 is 5.32 Å². The molecule has 0 aliphatic heterocycles. The van der Waals surface area contributed by atoms with E-state index in [4.69, 9.17) is 9.47 Å². The van der Waals surface area contributed by atoms with Gasteiger partial charge in [-0.2, -0.15) is 0 Å². The Morgan fingerprint density at radius 1 is 1.17 bits per heavy atom. The van der Waals surface area contributed by atoms with Crippen LogP contribution in [-0.4, -0.2) is 30.8 Å². The Balaban J connectivity index is 2.44. The summed E-state index contributed by atoms with van der Waals surface area (Å²) < 4.78 is 9.99. The Labute approximate surface area is 137 Å². The van der Waals surface area contributed by atoms with E-state index in [1.165, 1.54) is 0 Å². The molecular weight excluding hydrogens is 294 g/mol. The van der Waals surface area contributed by atoms with Gasteiger partial charge in [0.1, 0.15) is 5.60 Å². The standard InChI is InChI=1S/C18H23NO4/c1-5-22-16(20)13-15-10-8-14(9-11-15)7-6-12-19-17(21)23-18(2,3)4/h8-11H,5,12-13H2,1-4H3,(H,19,21). The van der Waals surface area contributed by atoms with E-state index in [1.54, 1.807) is 27.7 Å². The van der Waals surface area contributed by atoms with Crippen LogP contribution in [-0.2, 0) is 20.7 Å². The minimum absolute atomic E-state index is 0.208. The monoisotopic (exact) mass is 317 g/mol. The summed E-state index contributed by atoms with van der Waals surface area (Å²) in [6.45, 7) is 7.77. The van der Waals surface area contributed by atoms with E-state index < -0.39 is 11.7 Å². The lowest BCUT2D eigenvalue weighted by atomic mass is 10.1. The fourth-order valence-electron chi connectivity index (χ4n) is 1.66. The summed E-state index contributed by atoms with van der Waals surface area (Å²) >= 11 is 0. The third-order valence-electron chi connectivity index (χ3n) is 2.56. The first-order valence-electron chi connectivity index (χ1n) is 7.50. The van der Waals surface area contributed by atoms with Crippen molar-refractivity contribution in [2.75, 3.05) is 13.2 Å². The molecule has 0 radical (unpaired) electrons. The molecule has 23 heavy (non-hydrogen) atoms. The van der Waals surface area contributed by atoms with Crippen LogP contribution in [0, 0.1) is 11.8 Å². The lowest BCUT2D eigenvalue weighted by molar-refractivity contribution is -0.142. The molecule has 0 heterocycles. The first kappa shape index (κ1) is 18.6. The molecule has 0 aromatic heterocycles. The molecular formula is C18H23NO4. The lowest BCUT2D eigenvalue weighted by Crippen LogP contribution is -2.32. The number of carbonyl (C=O) groups excluding carboxylic acids is 2. The summed E-state index contributed by atoms with van der Waals surface area (Å²) in [5.41, 5.74) is 1.16. The molecule has 0 atom stereocenters. The summed E-state index contributed by atoms with van der Waals surface area (Å²) in [4.78, 5) is 22.8. The zero-order chi connectivity index (χ0) is 17.3. The maximum Gasteiger partial charge on any atom is 0.408 e. The van der Waals surface area contributed by atoms with E-state index in [2.05, 4.69) is 17.2 Å². The van der Waals surface area contributed by atoms with Gasteiger partial charge in [-0.3, -0.25) is 4.79 Å². The minimum Gasteiger partial charge on any atom is -0.466 e. The summed E-state index contributed by atoms with van der Waals surface area (Å²) in [5.74, 6) is 5.53. The highest BCUT2D eigenvalue weighted by Gasteiger charge is 2.14. The fourth-order valence-corrected chi connectivity index (χ4v) is 1.66. The number of esters is 1. The van der Waals surface area contributed by atoms with Gasteiger partial charge in [-0.25, -0.2) is 4.79 Å². The molecule has 1 N–H and O–H groups in total. The average Bonchev–Trinajstić information content (AvgIpc) is 2.43. The van der Waals surface area contributed by atoms with Gasteiger partial charge in [0.25, 0.3) is 0 Å². The van der Waals surface area contributed by atoms with E-state index in [0.717, 1.165) is 11.1 Å². The van der Waals surface area contributed by atoms with E-state index in [9.17, 15) is 9.59 Å². The van der Waals surface area contributed by atoms with Gasteiger partial charge in [-0.1, -0.05) is 24.0 Å². The van der Waals surface area contributed by atoms with E-state index >= 15 is 0 Å². The molecule has 5 nitrogen and oxygen atoms in total. The van der Waals surface area contributed by atoms with Crippen molar-refractivity contribution in [3.8, 4) is 11.8 Å². The number of hydrogen-bond donors (Lipinski definition) is 1. The highest BCUT2D eigenvalue weighted by molar-refractivity contribution is 5.72. The molecule has 1 aromatic carbocycles. The van der Waals surface area contributed by atoms with Gasteiger partial charge in [0.15, 0.2) is 0 Å². The number of rotatable bonds is 4. The van der Waals surface area contributed by atoms with Gasteiger partial charge in [0, 0.05) is 5.56 Å². The largest absolute Gasteiger partial charge is 0.466 e. The molecule has 0 fully saturated rings. The second kappa shape index (κ2) is 8.84. The fraction of sp³-hybridized carbons (Fsp3) is 0.444. The molecule has 1 aromatic rings. The van der Waals surface area contributed by atoms with Crippen molar-refractivity contribution in [2.24, 2.45) is 0 Å². The summed E-state index contributed by atoms with van der Waals surface area (Å²) in [5, 5.41) is 2.57. The topological polar surface area (TPSA) is 64.6 Å². The molecule has 5 heteroatoms. The van der Waals surface area contributed by atoms with Gasteiger partial charge in [0.2, 0.25) is 0 Å². The van der Waals surface area contributed by atoms with Gasteiger partial charge < -0.3 is 14.8 Å². The van der Waals surface area contributed by atoms with Crippen LogP contribution in [0.4, 0.5) is 4.79 Å². The molecule has 1 amide bonds. The second-order valence-electron chi connectivity index (χ2n) is 5.84. The molecule has 0 saturated heterocycles. The average molecular weight is 317 g/mol. The molecule has 0 unspecified atom stereocenters. The van der Waals surface area contributed by atoms with Gasteiger partial charge in [0.05, 0.1) is 19.6 Å². The number of ether oxygens (including phenoxy) is 2. The summed E-state index contributed by atoms with van der Waals surface area (Å²) in [6.07, 6.45) is -0.238. The van der Waals surface area contributed by atoms with Gasteiger partial charge in [-0.15, -0.1) is 0 Å². The van der Waals surface area contributed by atoms with Crippen molar-refractivity contribution in [1.82, 2.24) is 5.32 Å². The van der Waals surface area contributed by atoms with Crippen molar-refractivity contribution in [2.45, 2.75) is 39.7 Å². The van der Waals surface area contributed by atoms with Crippen molar-refractivity contribution in [3.05, 3.63) is 35.4 Å². The molecule has 0 aliphatic carbocycles. The number of alkyl carbamates (subject to hydrolysis) is 1. The van der Waals surface area contributed by atoms with E-state index in [0.29, 0.717) is 6.61 Å². The van der Waals surface area contributed by atoms with Gasteiger partial charge in [-0.05, 0) is 45.4 Å². The van der Waals surface area contributed by atoms with Crippen LogP contribution in [0.25, 0.3) is 0 Å². The zero-order valence-corrected chi connectivity index (χ0v) is 14.1.